The molecule has 6 unspecified atom stereocenters. The molecular formula is C35H43F2NO7S. The maximum Gasteiger partial charge on any atom is 0.478 e. The van der Waals surface area contributed by atoms with Crippen molar-refractivity contribution >= 4 is 21.8 Å². The van der Waals surface area contributed by atoms with E-state index >= 15 is 8.78 Å². The van der Waals surface area contributed by atoms with Gasteiger partial charge >= 0.3 is 21.3 Å². The highest BCUT2D eigenvalue weighted by molar-refractivity contribution is 7.88. The maximum atomic E-state index is 15.0. The second-order valence-corrected chi connectivity index (χ2v) is 17.2. The highest BCUT2D eigenvalue weighted by Gasteiger charge is 2.84. The zero-order valence-electron chi connectivity index (χ0n) is 27.2. The number of ether oxygens (including phenoxy) is 2. The summed E-state index contributed by atoms with van der Waals surface area (Å²) in [4.78, 5) is 12.6. The lowest BCUT2D eigenvalue weighted by Gasteiger charge is -2.50. The predicted octanol–water partition coefficient (Wildman–Crippen LogP) is 6.92. The van der Waals surface area contributed by atoms with Gasteiger partial charge in [-0.3, -0.25) is 4.28 Å². The second-order valence-electron chi connectivity index (χ2n) is 15.6. The van der Waals surface area contributed by atoms with Crippen LogP contribution in [0.15, 0.2) is 59.8 Å². The van der Waals surface area contributed by atoms with Crippen molar-refractivity contribution in [1.82, 2.24) is 0 Å². The largest absolute Gasteiger partial charge is 0.478 e. The van der Waals surface area contributed by atoms with Crippen LogP contribution in [0.5, 0.6) is 0 Å². The van der Waals surface area contributed by atoms with Crippen molar-refractivity contribution in [3.8, 4) is 11.1 Å². The molecule has 2 bridgehead atoms. The molecule has 6 atom stereocenters. The average molecular weight is 660 g/mol. The lowest BCUT2D eigenvalue weighted by molar-refractivity contribution is -0.260. The Hall–Kier alpha value is -2.89. The van der Waals surface area contributed by atoms with E-state index in [2.05, 4.69) is 9.44 Å². The van der Waals surface area contributed by atoms with E-state index < -0.39 is 44.1 Å². The van der Waals surface area contributed by atoms with Crippen LogP contribution in [-0.4, -0.2) is 49.0 Å². The fourth-order valence-corrected chi connectivity index (χ4v) is 8.80. The molecule has 2 aromatic rings. The number of carbonyl (C=O) groups excluding carboxylic acids is 1. The second kappa shape index (κ2) is 10.6. The monoisotopic (exact) mass is 659 g/mol. The Morgan fingerprint density at radius 1 is 0.978 bits per heavy atom. The summed E-state index contributed by atoms with van der Waals surface area (Å²) in [6.45, 7) is 11.1. The Balaban J connectivity index is 1.10. The van der Waals surface area contributed by atoms with Gasteiger partial charge in [0.15, 0.2) is 6.29 Å². The minimum atomic E-state index is -5.80. The van der Waals surface area contributed by atoms with Crippen LogP contribution in [0.2, 0.25) is 0 Å². The first kappa shape index (κ1) is 33.0. The van der Waals surface area contributed by atoms with Crippen molar-refractivity contribution in [2.45, 2.75) is 90.8 Å². The Kier molecular flexibility index (Phi) is 7.58. The van der Waals surface area contributed by atoms with Crippen LogP contribution in [0.4, 0.5) is 8.78 Å². The number of esters is 1. The lowest BCUT2D eigenvalue weighted by atomic mass is 9.58. The Labute approximate surface area is 269 Å². The van der Waals surface area contributed by atoms with Gasteiger partial charge in [0.05, 0.1) is 17.9 Å². The molecule has 8 nitrogen and oxygen atoms in total. The number of aliphatic hydroxyl groups is 1. The number of oxime groups is 1. The number of rotatable bonds is 11. The molecule has 46 heavy (non-hydrogen) atoms. The van der Waals surface area contributed by atoms with E-state index in [9.17, 15) is 18.3 Å². The Morgan fingerprint density at radius 3 is 2.24 bits per heavy atom. The van der Waals surface area contributed by atoms with Crippen molar-refractivity contribution in [2.75, 3.05) is 6.61 Å². The third kappa shape index (κ3) is 5.08. The zero-order chi connectivity index (χ0) is 33.6. The van der Waals surface area contributed by atoms with Crippen LogP contribution in [0.1, 0.15) is 79.2 Å². The number of benzene rings is 2. The molecule has 4 aliphatic rings. The van der Waals surface area contributed by atoms with Crippen molar-refractivity contribution in [3.63, 3.8) is 0 Å². The van der Waals surface area contributed by atoms with E-state index in [4.69, 9.17) is 9.47 Å². The molecule has 0 amide bonds. The Morgan fingerprint density at radius 2 is 1.61 bits per heavy atom. The summed E-state index contributed by atoms with van der Waals surface area (Å²) in [5.41, 5.74) is 0.193. The first-order valence-corrected chi connectivity index (χ1v) is 17.2. The first-order valence-electron chi connectivity index (χ1n) is 15.8. The third-order valence-corrected chi connectivity index (χ3v) is 13.1. The van der Waals surface area contributed by atoms with Crippen LogP contribution >= 0.6 is 0 Å². The van der Waals surface area contributed by atoms with Gasteiger partial charge in [-0.2, -0.15) is 17.2 Å². The molecule has 4 saturated carbocycles. The number of hydrogen-bond acceptors (Lipinski definition) is 8. The van der Waals surface area contributed by atoms with Gasteiger partial charge in [-0.25, -0.2) is 4.79 Å². The molecule has 250 valence electrons. The SMILES string of the molecule is C/C(=N\OS(=O)(=O)C(F)(F)C(=O)OCC12CC3(OC(O)C(C)(C)C(C)(C)C)CC4CC1(C2)C4C3)c1ccc(-c2ccccc2)cc1. The number of fused-ring (bicyclic) bond motifs is 1. The molecule has 4 fully saturated rings. The predicted molar refractivity (Wildman–Crippen MR) is 168 cm³/mol. The van der Waals surface area contributed by atoms with Crippen LogP contribution in [-0.2, 0) is 28.7 Å². The molecule has 4 aliphatic carbocycles. The standard InChI is InChI=1S/C35H43F2NO7S/c1-22(23-12-14-25(15-13-23)24-10-8-7-9-11-24)38-45-46(41,42)35(36,37)29(40)43-21-32-19-33(44-28(39)31(5,6)30(2,3)4)16-26-17-34(32,20-32)27(26)18-33/h7-15,26-28,39H,16-21H2,1-6H3/b38-22+. The van der Waals surface area contributed by atoms with Gasteiger partial charge in [0.1, 0.15) is 0 Å². The van der Waals surface area contributed by atoms with Gasteiger partial charge in [-0.05, 0) is 78.4 Å². The summed E-state index contributed by atoms with van der Waals surface area (Å²) in [7, 11) is -5.80. The number of carbonyl (C=O) groups is 1. The van der Waals surface area contributed by atoms with Crippen molar-refractivity contribution in [2.24, 2.45) is 38.7 Å². The van der Waals surface area contributed by atoms with E-state index in [1.165, 1.54) is 6.92 Å². The molecule has 0 radical (unpaired) electrons. The number of alkyl halides is 2. The zero-order valence-corrected chi connectivity index (χ0v) is 28.0. The molecule has 0 saturated heterocycles. The molecule has 2 aromatic carbocycles. The van der Waals surface area contributed by atoms with Crippen LogP contribution in [0.3, 0.4) is 0 Å². The fourth-order valence-electron chi connectivity index (χ4n) is 8.23. The number of halogens is 2. The highest BCUT2D eigenvalue weighted by atomic mass is 32.2. The number of aliphatic hydroxyl groups excluding tert-OH is 1. The molecule has 0 heterocycles. The summed E-state index contributed by atoms with van der Waals surface area (Å²) in [5, 5.41) is 9.64. The summed E-state index contributed by atoms with van der Waals surface area (Å²) >= 11 is 0. The minimum Gasteiger partial charge on any atom is -0.460 e. The van der Waals surface area contributed by atoms with E-state index in [0.29, 0.717) is 30.2 Å². The summed E-state index contributed by atoms with van der Waals surface area (Å²) in [6, 6.07) is 16.5. The molecule has 6 rings (SSSR count). The van der Waals surface area contributed by atoms with Crippen LogP contribution in [0, 0.1) is 33.5 Å². The number of hydrogen-bond donors (Lipinski definition) is 1. The van der Waals surface area contributed by atoms with Crippen molar-refractivity contribution < 1.29 is 40.9 Å². The average Bonchev–Trinajstić information content (AvgIpc) is 3.61. The van der Waals surface area contributed by atoms with Crippen LogP contribution < -0.4 is 0 Å². The highest BCUT2D eigenvalue weighted by Crippen LogP contribution is 2.88. The van der Waals surface area contributed by atoms with Gasteiger partial charge < -0.3 is 14.6 Å². The quantitative estimate of drug-likeness (QED) is 0.121. The van der Waals surface area contributed by atoms with Crippen LogP contribution in [0.25, 0.3) is 11.1 Å². The minimum absolute atomic E-state index is 0.0329. The van der Waals surface area contributed by atoms with Gasteiger partial charge in [-0.15, -0.1) is 0 Å². The van der Waals surface area contributed by atoms with E-state index in [0.717, 1.165) is 30.4 Å². The molecule has 0 aromatic heterocycles. The molecular weight excluding hydrogens is 616 g/mol. The fraction of sp³-hybridized carbons (Fsp3) is 0.600. The van der Waals surface area contributed by atoms with E-state index in [1.807, 2.05) is 65.0 Å². The van der Waals surface area contributed by atoms with E-state index in [-0.39, 0.29) is 23.1 Å². The molecule has 1 spiro atoms. The van der Waals surface area contributed by atoms with Gasteiger partial charge in [0.25, 0.3) is 0 Å². The van der Waals surface area contributed by atoms with Crippen molar-refractivity contribution in [1.29, 1.82) is 0 Å². The molecule has 0 aliphatic heterocycles. The number of nitrogens with zero attached hydrogens (tertiary/aromatic N) is 1. The smallest absolute Gasteiger partial charge is 0.460 e. The molecule has 11 heteroatoms. The van der Waals surface area contributed by atoms with E-state index in [1.54, 1.807) is 24.3 Å². The first-order chi connectivity index (χ1) is 21.3. The van der Waals surface area contributed by atoms with Gasteiger partial charge in [0.2, 0.25) is 0 Å². The van der Waals surface area contributed by atoms with Gasteiger partial charge in [0, 0.05) is 10.8 Å². The molecule has 1 N–H and O–H groups in total. The normalized spacial score (nSPS) is 31.0. The summed E-state index contributed by atoms with van der Waals surface area (Å²) in [6.07, 6.45) is 2.52. The topological polar surface area (TPSA) is 111 Å². The summed E-state index contributed by atoms with van der Waals surface area (Å²) < 4.78 is 71.0. The summed E-state index contributed by atoms with van der Waals surface area (Å²) in [5.74, 6) is -1.48. The third-order valence-electron chi connectivity index (χ3n) is 12.0. The Bertz CT molecular complexity index is 1650. The maximum absolute atomic E-state index is 15.0. The lowest BCUT2D eigenvalue weighted by Crippen LogP contribution is -2.50. The van der Waals surface area contributed by atoms with Crippen molar-refractivity contribution in [3.05, 3.63) is 60.2 Å². The van der Waals surface area contributed by atoms with Gasteiger partial charge in [-0.1, -0.05) is 94.4 Å².